The molecular formula is C30H25BrO2. The molecule has 0 saturated carbocycles. The molecule has 0 atom stereocenters. The van der Waals surface area contributed by atoms with Gasteiger partial charge in [-0.25, -0.2) is 0 Å². The van der Waals surface area contributed by atoms with Crippen LogP contribution in [-0.2, 0) is 4.79 Å². The Bertz CT molecular complexity index is 1160. The maximum absolute atomic E-state index is 12.0. The third-order valence-corrected chi connectivity index (χ3v) is 5.89. The quantitative estimate of drug-likeness (QED) is 0.108. The van der Waals surface area contributed by atoms with Gasteiger partial charge in [0.15, 0.2) is 0 Å². The lowest BCUT2D eigenvalue weighted by molar-refractivity contribution is -0.134. The topological polar surface area (TPSA) is 26.3 Å². The molecule has 0 bridgehead atoms. The Labute approximate surface area is 203 Å². The standard InChI is InChI=1S/C30H25BrO2/c31-22-10-17-28(32)33-27-20-18-26(19-21-27)30(25-15-8-3-9-16-25)29(23-11-4-1-5-12-23)24-13-6-2-7-14-24/h1-9,11-16,18-21H,10,17,22H2. The van der Waals surface area contributed by atoms with Crippen molar-refractivity contribution in [2.75, 3.05) is 5.33 Å². The van der Waals surface area contributed by atoms with Crippen molar-refractivity contribution in [3.63, 3.8) is 0 Å². The zero-order valence-corrected chi connectivity index (χ0v) is 19.9. The predicted molar refractivity (Wildman–Crippen MR) is 139 cm³/mol. The lowest BCUT2D eigenvalue weighted by Crippen LogP contribution is -2.07. The van der Waals surface area contributed by atoms with Crippen molar-refractivity contribution >= 4 is 33.0 Å². The van der Waals surface area contributed by atoms with E-state index in [1.54, 1.807) is 0 Å². The lowest BCUT2D eigenvalue weighted by Gasteiger charge is -2.18. The summed E-state index contributed by atoms with van der Waals surface area (Å²) >= 11 is 3.35. The first-order valence-corrected chi connectivity index (χ1v) is 12.2. The number of alkyl halides is 1. The molecular weight excluding hydrogens is 472 g/mol. The first kappa shape index (κ1) is 22.8. The van der Waals surface area contributed by atoms with E-state index in [1.165, 1.54) is 0 Å². The molecule has 0 aliphatic carbocycles. The van der Waals surface area contributed by atoms with Gasteiger partial charge in [0.25, 0.3) is 0 Å². The number of ether oxygens (including phenoxy) is 1. The summed E-state index contributed by atoms with van der Waals surface area (Å²) in [7, 11) is 0. The minimum Gasteiger partial charge on any atom is -0.427 e. The maximum atomic E-state index is 12.0. The van der Waals surface area contributed by atoms with Crippen LogP contribution in [0.3, 0.4) is 0 Å². The minimum atomic E-state index is -0.213. The highest BCUT2D eigenvalue weighted by Crippen LogP contribution is 2.37. The summed E-state index contributed by atoms with van der Waals surface area (Å²) in [4.78, 5) is 12.0. The van der Waals surface area contributed by atoms with E-state index < -0.39 is 0 Å². The number of carbonyl (C=O) groups excluding carboxylic acids is 1. The second-order valence-electron chi connectivity index (χ2n) is 7.64. The number of hydrogen-bond acceptors (Lipinski definition) is 2. The normalized spacial score (nSPS) is 10.5. The van der Waals surface area contributed by atoms with Crippen molar-refractivity contribution in [2.24, 2.45) is 0 Å². The van der Waals surface area contributed by atoms with E-state index in [9.17, 15) is 4.79 Å². The molecule has 0 aliphatic rings. The molecule has 0 fully saturated rings. The van der Waals surface area contributed by atoms with Gasteiger partial charge in [0.1, 0.15) is 5.75 Å². The zero-order valence-electron chi connectivity index (χ0n) is 18.3. The van der Waals surface area contributed by atoms with E-state index >= 15 is 0 Å². The van der Waals surface area contributed by atoms with E-state index in [2.05, 4.69) is 88.7 Å². The van der Waals surface area contributed by atoms with Crippen molar-refractivity contribution in [2.45, 2.75) is 12.8 Å². The average molecular weight is 497 g/mol. The first-order chi connectivity index (χ1) is 16.3. The van der Waals surface area contributed by atoms with Crippen LogP contribution in [0.25, 0.3) is 11.1 Å². The molecule has 0 spiro atoms. The molecule has 0 heterocycles. The maximum Gasteiger partial charge on any atom is 0.311 e. The van der Waals surface area contributed by atoms with Crippen LogP contribution < -0.4 is 4.74 Å². The van der Waals surface area contributed by atoms with E-state index in [4.69, 9.17) is 4.74 Å². The largest absolute Gasteiger partial charge is 0.427 e. The third-order valence-electron chi connectivity index (χ3n) is 5.33. The Morgan fingerprint density at radius 3 is 1.36 bits per heavy atom. The van der Waals surface area contributed by atoms with Gasteiger partial charge in [-0.15, -0.1) is 0 Å². The summed E-state index contributed by atoms with van der Waals surface area (Å²) in [5.41, 5.74) is 6.77. The van der Waals surface area contributed by atoms with E-state index in [1.807, 2.05) is 42.5 Å². The van der Waals surface area contributed by atoms with Crippen LogP contribution in [-0.4, -0.2) is 11.3 Å². The second-order valence-corrected chi connectivity index (χ2v) is 8.43. The van der Waals surface area contributed by atoms with Crippen molar-refractivity contribution in [3.8, 4) is 5.75 Å². The van der Waals surface area contributed by atoms with Crippen LogP contribution in [0, 0.1) is 0 Å². The van der Waals surface area contributed by atoms with Crippen LogP contribution in [0.5, 0.6) is 5.75 Å². The SMILES string of the molecule is O=C(CCCBr)Oc1ccc(C(=C(c2ccccc2)c2ccccc2)c2ccccc2)cc1. The van der Waals surface area contributed by atoms with Crippen LogP contribution in [0.4, 0.5) is 0 Å². The number of rotatable bonds is 8. The summed E-state index contributed by atoms with van der Waals surface area (Å²) in [6, 6.07) is 39.1. The predicted octanol–water partition coefficient (Wildman–Crippen LogP) is 7.77. The second kappa shape index (κ2) is 11.4. The molecule has 0 saturated heterocycles. The fraction of sp³-hybridized carbons (Fsp3) is 0.100. The van der Waals surface area contributed by atoms with Crippen molar-refractivity contribution < 1.29 is 9.53 Å². The van der Waals surface area contributed by atoms with E-state index in [0.717, 1.165) is 45.2 Å². The average Bonchev–Trinajstić information content (AvgIpc) is 2.88. The molecule has 0 aromatic heterocycles. The van der Waals surface area contributed by atoms with Crippen molar-refractivity contribution in [3.05, 3.63) is 138 Å². The molecule has 0 aliphatic heterocycles. The van der Waals surface area contributed by atoms with Crippen molar-refractivity contribution in [1.29, 1.82) is 0 Å². The Hall–Kier alpha value is -3.43. The Kier molecular flexibility index (Phi) is 7.89. The molecule has 0 radical (unpaired) electrons. The molecule has 4 aromatic rings. The van der Waals surface area contributed by atoms with Gasteiger partial charge in [0, 0.05) is 11.8 Å². The molecule has 0 N–H and O–H groups in total. The summed E-state index contributed by atoms with van der Waals surface area (Å²) in [5, 5.41) is 0.786. The number of carbonyl (C=O) groups is 1. The molecule has 33 heavy (non-hydrogen) atoms. The van der Waals surface area contributed by atoms with Crippen LogP contribution >= 0.6 is 15.9 Å². The number of benzene rings is 4. The Balaban J connectivity index is 1.84. The van der Waals surface area contributed by atoms with Gasteiger partial charge in [0.2, 0.25) is 0 Å². The third kappa shape index (κ3) is 5.88. The Morgan fingerprint density at radius 1 is 0.576 bits per heavy atom. The van der Waals surface area contributed by atoms with Gasteiger partial charge in [-0.2, -0.15) is 0 Å². The van der Waals surface area contributed by atoms with Crippen LogP contribution in [0.15, 0.2) is 115 Å². The molecule has 164 valence electrons. The molecule has 4 rings (SSSR count). The van der Waals surface area contributed by atoms with Crippen molar-refractivity contribution in [1.82, 2.24) is 0 Å². The molecule has 0 unspecified atom stereocenters. The molecule has 3 heteroatoms. The highest BCUT2D eigenvalue weighted by molar-refractivity contribution is 9.09. The summed E-state index contributed by atoms with van der Waals surface area (Å²) in [6.45, 7) is 0. The monoisotopic (exact) mass is 496 g/mol. The van der Waals surface area contributed by atoms with Gasteiger partial charge in [-0.3, -0.25) is 4.79 Å². The molecule has 2 nitrogen and oxygen atoms in total. The zero-order chi connectivity index (χ0) is 22.9. The Morgan fingerprint density at radius 2 is 0.970 bits per heavy atom. The lowest BCUT2D eigenvalue weighted by atomic mass is 9.86. The summed E-state index contributed by atoms with van der Waals surface area (Å²) in [5.74, 6) is 0.349. The molecule has 0 amide bonds. The van der Waals surface area contributed by atoms with Gasteiger partial charge in [-0.05, 0) is 52.0 Å². The smallest absolute Gasteiger partial charge is 0.311 e. The summed E-state index contributed by atoms with van der Waals surface area (Å²) < 4.78 is 5.51. The van der Waals surface area contributed by atoms with E-state index in [-0.39, 0.29) is 5.97 Å². The highest BCUT2D eigenvalue weighted by atomic mass is 79.9. The number of esters is 1. The fourth-order valence-electron chi connectivity index (χ4n) is 3.81. The number of halogens is 1. The first-order valence-electron chi connectivity index (χ1n) is 11.0. The van der Waals surface area contributed by atoms with Gasteiger partial charge < -0.3 is 4.74 Å². The fourth-order valence-corrected chi connectivity index (χ4v) is 4.09. The van der Waals surface area contributed by atoms with Crippen LogP contribution in [0.2, 0.25) is 0 Å². The van der Waals surface area contributed by atoms with Gasteiger partial charge in [0.05, 0.1) is 0 Å². The van der Waals surface area contributed by atoms with Gasteiger partial charge in [-0.1, -0.05) is 119 Å². The van der Waals surface area contributed by atoms with Gasteiger partial charge >= 0.3 is 5.97 Å². The highest BCUT2D eigenvalue weighted by Gasteiger charge is 2.16. The van der Waals surface area contributed by atoms with E-state index in [0.29, 0.717) is 12.2 Å². The van der Waals surface area contributed by atoms with Crippen LogP contribution in [0.1, 0.15) is 35.1 Å². The minimum absolute atomic E-state index is 0.213. The number of hydrogen-bond donors (Lipinski definition) is 0. The summed E-state index contributed by atoms with van der Waals surface area (Å²) in [6.07, 6.45) is 1.16. The molecule has 4 aromatic carbocycles.